The summed E-state index contributed by atoms with van der Waals surface area (Å²) in [6, 6.07) is 6.54. The first-order valence-electron chi connectivity index (χ1n) is 5.66. The molecule has 0 atom stereocenters. The van der Waals surface area contributed by atoms with Gasteiger partial charge >= 0.3 is 5.69 Å². The molecule has 2 rings (SSSR count). The number of aromatic nitrogens is 1. The zero-order valence-corrected chi connectivity index (χ0v) is 10.6. The van der Waals surface area contributed by atoms with E-state index in [0.717, 1.165) is 11.3 Å². The third-order valence-electron chi connectivity index (χ3n) is 2.54. The minimum absolute atomic E-state index is 0.0603. The van der Waals surface area contributed by atoms with E-state index in [0.29, 0.717) is 5.75 Å². The van der Waals surface area contributed by atoms with Gasteiger partial charge in [-0.15, -0.1) is 0 Å². The second-order valence-corrected chi connectivity index (χ2v) is 3.99. The van der Waals surface area contributed by atoms with Gasteiger partial charge in [0.1, 0.15) is 5.75 Å². The van der Waals surface area contributed by atoms with Crippen LogP contribution < -0.4 is 10.1 Å². The molecule has 0 radical (unpaired) electrons. The lowest BCUT2D eigenvalue weighted by atomic mass is 10.2. The van der Waals surface area contributed by atoms with Crippen molar-refractivity contribution >= 4 is 11.4 Å². The Kier molecular flexibility index (Phi) is 3.61. The molecule has 0 bridgehead atoms. The molecule has 1 aromatic carbocycles. The van der Waals surface area contributed by atoms with Crippen LogP contribution in [0.2, 0.25) is 0 Å². The number of nitrogens with one attached hydrogen (secondary N) is 1. The fourth-order valence-corrected chi connectivity index (χ4v) is 1.59. The van der Waals surface area contributed by atoms with Crippen LogP contribution in [0.1, 0.15) is 5.56 Å². The van der Waals surface area contributed by atoms with Crippen LogP contribution in [0.3, 0.4) is 0 Å². The molecule has 0 amide bonds. The van der Waals surface area contributed by atoms with Gasteiger partial charge in [0, 0.05) is 19.2 Å². The fourth-order valence-electron chi connectivity index (χ4n) is 1.59. The summed E-state index contributed by atoms with van der Waals surface area (Å²) in [5.74, 6) is 0.643. The Morgan fingerprint density at radius 1 is 1.32 bits per heavy atom. The molecule has 19 heavy (non-hydrogen) atoms. The maximum absolute atomic E-state index is 11.0. The van der Waals surface area contributed by atoms with E-state index in [1.165, 1.54) is 12.3 Å². The molecule has 0 saturated heterocycles. The highest BCUT2D eigenvalue weighted by Gasteiger charge is 2.16. The van der Waals surface area contributed by atoms with Gasteiger partial charge < -0.3 is 10.1 Å². The lowest BCUT2D eigenvalue weighted by Crippen LogP contribution is -1.95. The number of aryl methyl sites for hydroxylation is 1. The molecule has 6 nitrogen and oxygen atoms in total. The molecule has 98 valence electrons. The van der Waals surface area contributed by atoms with Crippen molar-refractivity contribution < 1.29 is 9.66 Å². The van der Waals surface area contributed by atoms with Crippen molar-refractivity contribution in [2.75, 3.05) is 12.4 Å². The summed E-state index contributed by atoms with van der Waals surface area (Å²) in [7, 11) is 1.76. The molecule has 0 unspecified atom stereocenters. The Morgan fingerprint density at radius 3 is 2.79 bits per heavy atom. The lowest BCUT2D eigenvalue weighted by Gasteiger charge is -2.07. The lowest BCUT2D eigenvalue weighted by molar-refractivity contribution is -0.385. The highest BCUT2D eigenvalue weighted by molar-refractivity contribution is 5.52. The van der Waals surface area contributed by atoms with Crippen LogP contribution in [-0.2, 0) is 0 Å². The number of rotatable bonds is 4. The van der Waals surface area contributed by atoms with Crippen LogP contribution in [0, 0.1) is 17.0 Å². The van der Waals surface area contributed by atoms with E-state index in [-0.39, 0.29) is 11.4 Å². The van der Waals surface area contributed by atoms with Crippen LogP contribution >= 0.6 is 0 Å². The van der Waals surface area contributed by atoms with Gasteiger partial charge in [0.2, 0.25) is 5.75 Å². The number of benzene rings is 1. The SMILES string of the molecule is CNc1cncc(Oc2ccc(C)cc2[N+](=O)[O-])c1. The summed E-state index contributed by atoms with van der Waals surface area (Å²) in [4.78, 5) is 14.5. The molecule has 1 heterocycles. The average Bonchev–Trinajstić information content (AvgIpc) is 2.41. The summed E-state index contributed by atoms with van der Waals surface area (Å²) >= 11 is 0. The van der Waals surface area contributed by atoms with Crippen LogP contribution in [0.5, 0.6) is 11.5 Å². The summed E-state index contributed by atoms with van der Waals surface area (Å²) in [5.41, 5.74) is 1.52. The van der Waals surface area contributed by atoms with E-state index in [9.17, 15) is 10.1 Å². The average molecular weight is 259 g/mol. The van der Waals surface area contributed by atoms with Crippen LogP contribution in [0.15, 0.2) is 36.7 Å². The van der Waals surface area contributed by atoms with Gasteiger partial charge in [-0.1, -0.05) is 6.07 Å². The van der Waals surface area contributed by atoms with Crippen molar-refractivity contribution in [2.24, 2.45) is 0 Å². The predicted octanol–water partition coefficient (Wildman–Crippen LogP) is 3.13. The van der Waals surface area contributed by atoms with Crippen molar-refractivity contribution in [3.8, 4) is 11.5 Å². The first kappa shape index (κ1) is 12.8. The van der Waals surface area contributed by atoms with E-state index in [4.69, 9.17) is 4.74 Å². The third-order valence-corrected chi connectivity index (χ3v) is 2.54. The Hall–Kier alpha value is -2.63. The van der Waals surface area contributed by atoms with E-state index >= 15 is 0 Å². The molecule has 0 aliphatic heterocycles. The van der Waals surface area contributed by atoms with E-state index < -0.39 is 4.92 Å². The highest BCUT2D eigenvalue weighted by Crippen LogP contribution is 2.32. The number of pyridine rings is 1. The van der Waals surface area contributed by atoms with E-state index in [1.54, 1.807) is 38.4 Å². The van der Waals surface area contributed by atoms with E-state index in [2.05, 4.69) is 10.3 Å². The van der Waals surface area contributed by atoms with Gasteiger partial charge in [0.25, 0.3) is 0 Å². The highest BCUT2D eigenvalue weighted by atomic mass is 16.6. The molecule has 2 aromatic rings. The maximum Gasteiger partial charge on any atom is 0.311 e. The Balaban J connectivity index is 2.34. The second-order valence-electron chi connectivity index (χ2n) is 3.99. The van der Waals surface area contributed by atoms with Gasteiger partial charge in [-0.3, -0.25) is 15.1 Å². The number of ether oxygens (including phenoxy) is 1. The molecule has 0 fully saturated rings. The third kappa shape index (κ3) is 2.98. The molecule has 0 aliphatic rings. The minimum atomic E-state index is -0.461. The number of nitro benzene ring substituents is 1. The van der Waals surface area contributed by atoms with Crippen molar-refractivity contribution in [2.45, 2.75) is 6.92 Å². The number of nitro groups is 1. The van der Waals surface area contributed by atoms with Crippen molar-refractivity contribution in [1.29, 1.82) is 0 Å². The Morgan fingerprint density at radius 2 is 2.11 bits per heavy atom. The summed E-state index contributed by atoms with van der Waals surface area (Å²) < 4.78 is 5.52. The largest absolute Gasteiger partial charge is 0.448 e. The van der Waals surface area contributed by atoms with Crippen LogP contribution in [0.4, 0.5) is 11.4 Å². The zero-order chi connectivity index (χ0) is 13.8. The number of anilines is 1. The molecule has 0 saturated carbocycles. The monoisotopic (exact) mass is 259 g/mol. The van der Waals surface area contributed by atoms with Gasteiger partial charge in [0.05, 0.1) is 23.0 Å². The second kappa shape index (κ2) is 5.34. The van der Waals surface area contributed by atoms with Gasteiger partial charge in [-0.2, -0.15) is 0 Å². The maximum atomic E-state index is 11.0. The molecule has 0 spiro atoms. The molecule has 0 aliphatic carbocycles. The minimum Gasteiger partial charge on any atom is -0.448 e. The molecule has 6 heteroatoms. The fraction of sp³-hybridized carbons (Fsp3) is 0.154. The van der Waals surface area contributed by atoms with Crippen molar-refractivity contribution in [1.82, 2.24) is 4.98 Å². The molecular weight excluding hydrogens is 246 g/mol. The van der Waals surface area contributed by atoms with Crippen molar-refractivity contribution in [3.05, 3.63) is 52.3 Å². The number of nitrogens with zero attached hydrogens (tertiary/aromatic N) is 2. The Bertz CT molecular complexity index is 614. The molecular formula is C13H13N3O3. The van der Waals surface area contributed by atoms with Crippen LogP contribution in [0.25, 0.3) is 0 Å². The topological polar surface area (TPSA) is 77.3 Å². The van der Waals surface area contributed by atoms with Crippen LogP contribution in [-0.4, -0.2) is 17.0 Å². The smallest absolute Gasteiger partial charge is 0.311 e. The van der Waals surface area contributed by atoms with Gasteiger partial charge in [-0.25, -0.2) is 0 Å². The number of hydrogen-bond donors (Lipinski definition) is 1. The van der Waals surface area contributed by atoms with Gasteiger partial charge in [-0.05, 0) is 18.6 Å². The molecule has 1 aromatic heterocycles. The summed E-state index contributed by atoms with van der Waals surface area (Å²) in [5, 5.41) is 13.9. The summed E-state index contributed by atoms with van der Waals surface area (Å²) in [6.07, 6.45) is 3.14. The predicted molar refractivity (Wildman–Crippen MR) is 71.7 cm³/mol. The van der Waals surface area contributed by atoms with Crippen molar-refractivity contribution in [3.63, 3.8) is 0 Å². The zero-order valence-electron chi connectivity index (χ0n) is 10.6. The van der Waals surface area contributed by atoms with E-state index in [1.807, 2.05) is 0 Å². The quantitative estimate of drug-likeness (QED) is 0.674. The first-order valence-corrected chi connectivity index (χ1v) is 5.66. The molecule has 1 N–H and O–H groups in total. The Labute approximate surface area is 110 Å². The summed E-state index contributed by atoms with van der Waals surface area (Å²) in [6.45, 7) is 1.79. The standard InChI is InChI=1S/C13H13N3O3/c1-9-3-4-13(12(5-9)16(17)18)19-11-6-10(14-2)7-15-8-11/h3-8,14H,1-2H3. The normalized spacial score (nSPS) is 10.0. The number of hydrogen-bond acceptors (Lipinski definition) is 5. The van der Waals surface area contributed by atoms with Gasteiger partial charge in [0.15, 0.2) is 0 Å². The first-order chi connectivity index (χ1) is 9.10.